The lowest BCUT2D eigenvalue weighted by atomic mass is 10.2. The molecule has 1 N–H and O–H groups in total. The van der Waals surface area contributed by atoms with Crippen LogP contribution in [-0.2, 0) is 6.42 Å². The maximum absolute atomic E-state index is 12.5. The monoisotopic (exact) mass is 374 g/mol. The van der Waals surface area contributed by atoms with Crippen molar-refractivity contribution in [3.63, 3.8) is 0 Å². The van der Waals surface area contributed by atoms with Crippen molar-refractivity contribution in [3.05, 3.63) is 88.2 Å². The Morgan fingerprint density at radius 2 is 1.86 bits per heavy atom. The molecule has 0 saturated heterocycles. The standard InChI is InChI=1S/C20H18N6O2/c1-14-13-16(27)19(24-26(14)15-7-3-2-4-8-15)20(28)21-11-10-18-23-22-17-9-5-6-12-25(17)18/h2-9,12-13H,10-11H2,1H3,(H,21,28). The van der Waals surface area contributed by atoms with Gasteiger partial charge in [-0.3, -0.25) is 14.0 Å². The molecule has 0 fully saturated rings. The van der Waals surface area contributed by atoms with Gasteiger partial charge in [0.15, 0.2) is 11.3 Å². The van der Waals surface area contributed by atoms with Crippen LogP contribution in [0.4, 0.5) is 0 Å². The minimum absolute atomic E-state index is 0.138. The van der Waals surface area contributed by atoms with E-state index in [0.29, 0.717) is 18.7 Å². The van der Waals surface area contributed by atoms with Gasteiger partial charge in [-0.25, -0.2) is 4.68 Å². The number of carbonyl (C=O) groups is 1. The fourth-order valence-electron chi connectivity index (χ4n) is 2.97. The van der Waals surface area contributed by atoms with Crippen molar-refractivity contribution < 1.29 is 4.79 Å². The average molecular weight is 374 g/mol. The van der Waals surface area contributed by atoms with Gasteiger partial charge in [-0.1, -0.05) is 24.3 Å². The molecule has 4 rings (SSSR count). The topological polar surface area (TPSA) is 94.2 Å². The molecule has 0 atom stereocenters. The molecule has 28 heavy (non-hydrogen) atoms. The number of nitrogens with one attached hydrogen (secondary N) is 1. The summed E-state index contributed by atoms with van der Waals surface area (Å²) in [6, 6.07) is 16.4. The Morgan fingerprint density at radius 1 is 1.07 bits per heavy atom. The summed E-state index contributed by atoms with van der Waals surface area (Å²) in [5.41, 5.74) is 1.64. The van der Waals surface area contributed by atoms with E-state index in [1.54, 1.807) is 11.6 Å². The highest BCUT2D eigenvalue weighted by atomic mass is 16.2. The first-order chi connectivity index (χ1) is 13.6. The lowest BCUT2D eigenvalue weighted by Gasteiger charge is -2.11. The van der Waals surface area contributed by atoms with Gasteiger partial charge in [0.25, 0.3) is 5.91 Å². The van der Waals surface area contributed by atoms with Crippen molar-refractivity contribution in [2.45, 2.75) is 13.3 Å². The van der Waals surface area contributed by atoms with Crippen LogP contribution in [0.25, 0.3) is 11.3 Å². The number of para-hydroxylation sites is 1. The fourth-order valence-corrected chi connectivity index (χ4v) is 2.97. The van der Waals surface area contributed by atoms with Crippen LogP contribution in [0.1, 0.15) is 22.0 Å². The predicted molar refractivity (Wildman–Crippen MR) is 104 cm³/mol. The van der Waals surface area contributed by atoms with Gasteiger partial charge in [-0.2, -0.15) is 5.10 Å². The van der Waals surface area contributed by atoms with Crippen molar-refractivity contribution in [2.75, 3.05) is 6.54 Å². The van der Waals surface area contributed by atoms with E-state index in [1.165, 1.54) is 6.07 Å². The van der Waals surface area contributed by atoms with Gasteiger partial charge in [0.1, 0.15) is 5.82 Å². The van der Waals surface area contributed by atoms with Crippen LogP contribution in [0.5, 0.6) is 0 Å². The SMILES string of the molecule is Cc1cc(=O)c(C(=O)NCCc2nnc3ccccn23)nn1-c1ccccc1. The van der Waals surface area contributed by atoms with Crippen LogP contribution in [0.2, 0.25) is 0 Å². The summed E-state index contributed by atoms with van der Waals surface area (Å²) in [6.07, 6.45) is 2.35. The third-order valence-corrected chi connectivity index (χ3v) is 4.34. The van der Waals surface area contributed by atoms with E-state index in [4.69, 9.17) is 0 Å². The maximum Gasteiger partial charge on any atom is 0.275 e. The molecular formula is C20H18N6O2. The molecule has 0 radical (unpaired) electrons. The molecule has 3 heterocycles. The Labute approximate surface area is 160 Å². The summed E-state index contributed by atoms with van der Waals surface area (Å²) in [5.74, 6) is 0.220. The van der Waals surface area contributed by atoms with Crippen molar-refractivity contribution in [1.82, 2.24) is 29.7 Å². The molecule has 140 valence electrons. The number of carbonyl (C=O) groups excluding carboxylic acids is 1. The highest BCUT2D eigenvalue weighted by Gasteiger charge is 2.15. The zero-order valence-corrected chi connectivity index (χ0v) is 15.2. The second-order valence-corrected chi connectivity index (χ2v) is 6.30. The average Bonchev–Trinajstić information content (AvgIpc) is 3.12. The Bertz CT molecular complexity index is 1200. The molecule has 0 aliphatic carbocycles. The summed E-state index contributed by atoms with van der Waals surface area (Å²) in [4.78, 5) is 24.8. The van der Waals surface area contributed by atoms with Crippen LogP contribution < -0.4 is 10.7 Å². The summed E-state index contributed by atoms with van der Waals surface area (Å²) >= 11 is 0. The smallest absolute Gasteiger partial charge is 0.275 e. The van der Waals surface area contributed by atoms with Crippen molar-refractivity contribution in [3.8, 4) is 5.69 Å². The normalized spacial score (nSPS) is 10.9. The minimum atomic E-state index is -0.511. The first-order valence-corrected chi connectivity index (χ1v) is 8.87. The molecule has 0 bridgehead atoms. The van der Waals surface area contributed by atoms with E-state index < -0.39 is 11.3 Å². The van der Waals surface area contributed by atoms with E-state index in [0.717, 1.165) is 17.2 Å². The second kappa shape index (κ2) is 7.43. The molecule has 0 saturated carbocycles. The molecule has 0 unspecified atom stereocenters. The molecule has 0 spiro atoms. The number of rotatable bonds is 5. The van der Waals surface area contributed by atoms with E-state index in [1.807, 2.05) is 59.1 Å². The second-order valence-electron chi connectivity index (χ2n) is 6.30. The van der Waals surface area contributed by atoms with Gasteiger partial charge in [-0.05, 0) is 31.2 Å². The highest BCUT2D eigenvalue weighted by molar-refractivity contribution is 5.92. The first kappa shape index (κ1) is 17.6. The first-order valence-electron chi connectivity index (χ1n) is 8.87. The number of hydrogen-bond donors (Lipinski definition) is 1. The molecule has 4 aromatic rings. The quantitative estimate of drug-likeness (QED) is 0.572. The van der Waals surface area contributed by atoms with Gasteiger partial charge in [0, 0.05) is 30.9 Å². The molecule has 8 heteroatoms. The fraction of sp³-hybridized carbons (Fsp3) is 0.150. The van der Waals surface area contributed by atoms with E-state index >= 15 is 0 Å². The number of benzene rings is 1. The number of fused-ring (bicyclic) bond motifs is 1. The Hall–Kier alpha value is -3.81. The van der Waals surface area contributed by atoms with Gasteiger partial charge < -0.3 is 5.32 Å². The van der Waals surface area contributed by atoms with Crippen molar-refractivity contribution in [2.24, 2.45) is 0 Å². The molecule has 8 nitrogen and oxygen atoms in total. The molecule has 3 aromatic heterocycles. The Balaban J connectivity index is 1.51. The van der Waals surface area contributed by atoms with E-state index in [9.17, 15) is 9.59 Å². The van der Waals surface area contributed by atoms with E-state index in [2.05, 4.69) is 20.6 Å². The minimum Gasteiger partial charge on any atom is -0.350 e. The lowest BCUT2D eigenvalue weighted by Crippen LogP contribution is -2.33. The molecule has 0 aliphatic rings. The zero-order chi connectivity index (χ0) is 19.5. The largest absolute Gasteiger partial charge is 0.350 e. The summed E-state index contributed by atoms with van der Waals surface area (Å²) in [5, 5.41) is 15.2. The van der Waals surface area contributed by atoms with Crippen LogP contribution >= 0.6 is 0 Å². The lowest BCUT2D eigenvalue weighted by molar-refractivity contribution is 0.0946. The van der Waals surface area contributed by atoms with Crippen LogP contribution in [0.3, 0.4) is 0 Å². The predicted octanol–water partition coefficient (Wildman–Crippen LogP) is 1.56. The molecular weight excluding hydrogens is 356 g/mol. The number of aryl methyl sites for hydroxylation is 1. The van der Waals surface area contributed by atoms with Crippen LogP contribution in [0, 0.1) is 6.92 Å². The summed E-state index contributed by atoms with van der Waals surface area (Å²) < 4.78 is 3.45. The Morgan fingerprint density at radius 3 is 2.68 bits per heavy atom. The number of amides is 1. The maximum atomic E-state index is 12.5. The highest BCUT2D eigenvalue weighted by Crippen LogP contribution is 2.08. The number of hydrogen-bond acceptors (Lipinski definition) is 5. The third kappa shape index (κ3) is 3.39. The molecule has 1 aromatic carbocycles. The van der Waals surface area contributed by atoms with Gasteiger partial charge in [0.2, 0.25) is 5.43 Å². The summed E-state index contributed by atoms with van der Waals surface area (Å²) in [7, 11) is 0. The van der Waals surface area contributed by atoms with Crippen LogP contribution in [-0.4, -0.2) is 36.8 Å². The third-order valence-electron chi connectivity index (χ3n) is 4.34. The van der Waals surface area contributed by atoms with Gasteiger partial charge >= 0.3 is 0 Å². The van der Waals surface area contributed by atoms with Gasteiger partial charge in [0.05, 0.1) is 5.69 Å². The summed E-state index contributed by atoms with van der Waals surface area (Å²) in [6.45, 7) is 2.09. The molecule has 1 amide bonds. The van der Waals surface area contributed by atoms with Crippen molar-refractivity contribution >= 4 is 11.6 Å². The van der Waals surface area contributed by atoms with E-state index in [-0.39, 0.29) is 5.69 Å². The van der Waals surface area contributed by atoms with Crippen LogP contribution in [0.15, 0.2) is 65.6 Å². The Kier molecular flexibility index (Phi) is 4.67. The number of aromatic nitrogens is 5. The molecule has 0 aliphatic heterocycles. The van der Waals surface area contributed by atoms with Gasteiger partial charge in [-0.15, -0.1) is 10.2 Å². The number of nitrogens with zero attached hydrogens (tertiary/aromatic N) is 5. The van der Waals surface area contributed by atoms with Crippen molar-refractivity contribution in [1.29, 1.82) is 0 Å². The zero-order valence-electron chi connectivity index (χ0n) is 15.2. The number of pyridine rings is 1.